The highest BCUT2D eigenvalue weighted by atomic mass is 31.2. The van der Waals surface area contributed by atoms with Crippen LogP contribution in [0.3, 0.4) is 0 Å². The average molecular weight is 919 g/mol. The van der Waals surface area contributed by atoms with Crippen molar-refractivity contribution in [3.8, 4) is 11.5 Å². The van der Waals surface area contributed by atoms with Gasteiger partial charge in [-0.15, -0.1) is 0 Å². The standard InChI is InChI=1S/C42H43F4N3O12P2/c1-41(2)17-20(19-59-62(53,54)55)23-15-25-29(30-31(33(44)35(46)34(45)32(30)43)40(52)47(5)12-8-11-28(50)51)26-16-24-27(61-63(56,57)58)18-42(3,4)49-14-7-10-22(37(24)49)39(26)60-38(25)21-9-6-13-48(41)36(21)23/h15-18H,6-14,19H2,1-5H3,(H4-,50,51,53,54,55,56,57,58)/p-1. The van der Waals surface area contributed by atoms with E-state index in [-0.39, 0.29) is 64.1 Å². The summed E-state index contributed by atoms with van der Waals surface area (Å²) in [7, 11) is -9.66. The van der Waals surface area contributed by atoms with Crippen LogP contribution in [-0.4, -0.2) is 76.0 Å². The van der Waals surface area contributed by atoms with Crippen LogP contribution in [0.1, 0.15) is 97.1 Å². The van der Waals surface area contributed by atoms with Crippen LogP contribution in [0.15, 0.2) is 24.3 Å². The van der Waals surface area contributed by atoms with Gasteiger partial charge in [-0.3, -0.25) is 18.7 Å². The van der Waals surface area contributed by atoms with Crippen molar-refractivity contribution in [3.63, 3.8) is 0 Å². The van der Waals surface area contributed by atoms with E-state index in [4.69, 9.17) is 13.8 Å². The lowest BCUT2D eigenvalue weighted by Crippen LogP contribution is -2.53. The maximum Gasteiger partial charge on any atom is 0.317 e. The third kappa shape index (κ3) is 7.70. The molecular formula is C42H42F4N3O12P2-. The zero-order chi connectivity index (χ0) is 45.9. The smallest absolute Gasteiger partial charge is 0.317 e. The van der Waals surface area contributed by atoms with Crippen LogP contribution >= 0.6 is 15.6 Å². The fourth-order valence-electron chi connectivity index (χ4n) is 9.62. The molecule has 0 aliphatic carbocycles. The summed E-state index contributed by atoms with van der Waals surface area (Å²) in [5.74, 6) is -11.4. The summed E-state index contributed by atoms with van der Waals surface area (Å²) in [6.45, 7) is 7.25. The predicted molar refractivity (Wildman–Crippen MR) is 215 cm³/mol. The van der Waals surface area contributed by atoms with Crippen molar-refractivity contribution in [2.75, 3.05) is 38.2 Å². The summed E-state index contributed by atoms with van der Waals surface area (Å²) >= 11 is 0. The van der Waals surface area contributed by atoms with Crippen LogP contribution in [0.5, 0.6) is 11.5 Å². The van der Waals surface area contributed by atoms with Crippen molar-refractivity contribution in [2.24, 2.45) is 0 Å². The Bertz CT molecular complexity index is 2870. The molecule has 2 atom stereocenters. The number of nitrogens with zero attached hydrogens (tertiary/aromatic N) is 3. The Balaban J connectivity index is 1.55. The SMILES string of the molecule is CN(CCCC(=O)O)C(=O)c1c(F)c(F)c(F)c(F)c1C1=c2cc3c4c(c2Oc2c1cc1c5c2CCCN5C(C)(C)C=C1COP(=O)([O-])O)CCC[N+]=4C(C)(C)C=C3OP(=O)([O-])O. The number of carboxylic acids is 1. The van der Waals surface area contributed by atoms with E-state index in [9.17, 15) is 43.4 Å². The Morgan fingerprint density at radius 2 is 1.60 bits per heavy atom. The zero-order valence-corrected chi connectivity index (χ0v) is 36.4. The number of carboxylic acid groups (broad SMARTS) is 1. The summed E-state index contributed by atoms with van der Waals surface area (Å²) in [6.07, 6.45) is 4.17. The largest absolute Gasteiger partial charge is 0.756 e. The molecule has 0 saturated carbocycles. The van der Waals surface area contributed by atoms with E-state index < -0.39 is 91.6 Å². The van der Waals surface area contributed by atoms with Gasteiger partial charge in [-0.05, 0) is 57.2 Å². The van der Waals surface area contributed by atoms with Crippen molar-refractivity contribution in [1.29, 1.82) is 0 Å². The minimum absolute atomic E-state index is 0.0370. The first-order valence-corrected chi connectivity index (χ1v) is 23.0. The van der Waals surface area contributed by atoms with Crippen molar-refractivity contribution in [1.82, 2.24) is 9.48 Å². The molecule has 5 heterocycles. The Kier molecular flexibility index (Phi) is 10.9. The number of amides is 1. The van der Waals surface area contributed by atoms with E-state index in [2.05, 4.69) is 0 Å². The number of hydrogen-bond acceptors (Lipinski definition) is 10. The molecule has 15 nitrogen and oxygen atoms in total. The summed E-state index contributed by atoms with van der Waals surface area (Å²) in [4.78, 5) is 72.4. The molecule has 3 aromatic carbocycles. The van der Waals surface area contributed by atoms with Gasteiger partial charge in [0.25, 0.3) is 13.7 Å². The summed E-state index contributed by atoms with van der Waals surface area (Å²) in [5.41, 5.74) is -2.48. The third-order valence-electron chi connectivity index (χ3n) is 12.2. The van der Waals surface area contributed by atoms with Gasteiger partial charge in [0.2, 0.25) is 5.36 Å². The van der Waals surface area contributed by atoms with Crippen LogP contribution in [0.2, 0.25) is 0 Å². The predicted octanol–water partition coefficient (Wildman–Crippen LogP) is 3.99. The van der Waals surface area contributed by atoms with Crippen molar-refractivity contribution in [3.05, 3.63) is 97.1 Å². The van der Waals surface area contributed by atoms with Gasteiger partial charge in [-0.1, -0.05) is 6.08 Å². The number of rotatable bonds is 11. The molecule has 0 spiro atoms. The number of benzene rings is 3. The van der Waals surface area contributed by atoms with Gasteiger partial charge in [0, 0.05) is 85.9 Å². The number of fused-ring (bicyclic) bond motifs is 4. The molecule has 1 amide bonds. The molecule has 0 bridgehead atoms. The van der Waals surface area contributed by atoms with Gasteiger partial charge in [-0.25, -0.2) is 22.1 Å². The van der Waals surface area contributed by atoms with E-state index in [1.807, 2.05) is 23.3 Å². The molecule has 0 fully saturated rings. The first-order chi connectivity index (χ1) is 29.3. The second kappa shape index (κ2) is 15.4. The van der Waals surface area contributed by atoms with Crippen LogP contribution in [-0.2, 0) is 35.8 Å². The van der Waals surface area contributed by atoms with Crippen LogP contribution in [0.25, 0.3) is 16.9 Å². The Morgan fingerprint density at radius 1 is 0.921 bits per heavy atom. The molecule has 5 aliphatic rings. The van der Waals surface area contributed by atoms with Crippen molar-refractivity contribution in [2.45, 2.75) is 77.3 Å². The minimum atomic E-state index is -5.51. The monoisotopic (exact) mass is 918 g/mol. The summed E-state index contributed by atoms with van der Waals surface area (Å²) in [5, 5.41) is 9.50. The van der Waals surface area contributed by atoms with Gasteiger partial charge in [-0.2, -0.15) is 0 Å². The first kappa shape index (κ1) is 44.7. The number of carbonyl (C=O) groups is 2. The van der Waals surface area contributed by atoms with Gasteiger partial charge in [0.15, 0.2) is 28.8 Å². The van der Waals surface area contributed by atoms with Gasteiger partial charge in [0.1, 0.15) is 23.8 Å². The zero-order valence-electron chi connectivity index (χ0n) is 34.6. The lowest BCUT2D eigenvalue weighted by Gasteiger charge is -2.48. The molecule has 63 heavy (non-hydrogen) atoms. The fraction of sp³-hybridized carbons (Fsp3) is 0.405. The molecular weight excluding hydrogens is 876 g/mol. The number of phosphoric ester groups is 2. The molecule has 8 rings (SSSR count). The first-order valence-electron chi connectivity index (χ1n) is 20.0. The van der Waals surface area contributed by atoms with E-state index >= 15 is 17.6 Å². The molecule has 2 unspecified atom stereocenters. The lowest BCUT2D eigenvalue weighted by atomic mass is 9.78. The van der Waals surface area contributed by atoms with Crippen LogP contribution in [0.4, 0.5) is 23.2 Å². The fourth-order valence-corrected chi connectivity index (χ4v) is 10.3. The van der Waals surface area contributed by atoms with Gasteiger partial charge < -0.3 is 48.3 Å². The van der Waals surface area contributed by atoms with Crippen molar-refractivity contribution < 1.29 is 74.7 Å². The van der Waals surface area contributed by atoms with Gasteiger partial charge >= 0.3 is 13.8 Å². The number of halogens is 4. The Hall–Kier alpha value is -4.87. The van der Waals surface area contributed by atoms with E-state index in [1.54, 1.807) is 19.9 Å². The Morgan fingerprint density at radius 3 is 2.27 bits per heavy atom. The number of hydrogen-bond donors (Lipinski definition) is 3. The highest BCUT2D eigenvalue weighted by Gasteiger charge is 2.45. The van der Waals surface area contributed by atoms with Crippen molar-refractivity contribution >= 4 is 50.1 Å². The molecule has 21 heteroatoms. The normalized spacial score (nSPS) is 19.5. The van der Waals surface area contributed by atoms with E-state index in [0.717, 1.165) is 11.9 Å². The number of phosphoric acid groups is 2. The number of ether oxygens (including phenoxy) is 1. The molecule has 0 radical (unpaired) electrons. The highest BCUT2D eigenvalue weighted by Crippen LogP contribution is 2.54. The molecule has 3 aromatic rings. The van der Waals surface area contributed by atoms with Crippen LogP contribution in [0, 0.1) is 23.3 Å². The third-order valence-corrected chi connectivity index (χ3v) is 13.1. The van der Waals surface area contributed by atoms with Crippen LogP contribution < -0.4 is 34.6 Å². The molecule has 0 saturated heterocycles. The number of anilines is 1. The summed E-state index contributed by atoms with van der Waals surface area (Å²) in [6, 6.07) is 2.74. The maximum atomic E-state index is 17.1. The molecule has 336 valence electrons. The minimum Gasteiger partial charge on any atom is -0.756 e. The highest BCUT2D eigenvalue weighted by molar-refractivity contribution is 7.45. The number of aliphatic carboxylic acids is 1. The topological polar surface area (TPSA) is 212 Å². The van der Waals surface area contributed by atoms with Gasteiger partial charge in [0.05, 0.1) is 34.5 Å². The number of carbonyl (C=O) groups excluding carboxylic acids is 1. The lowest BCUT2D eigenvalue weighted by molar-refractivity contribution is -0.219. The maximum absolute atomic E-state index is 17.1. The second-order valence-corrected chi connectivity index (χ2v) is 19.6. The molecule has 0 aromatic heterocycles. The van der Waals surface area contributed by atoms with E-state index in [1.165, 1.54) is 18.2 Å². The quantitative estimate of drug-likeness (QED) is 0.0640. The molecule has 5 aliphatic heterocycles. The second-order valence-electron chi connectivity index (χ2n) is 17.3. The average Bonchev–Trinajstić information content (AvgIpc) is 3.19. The summed E-state index contributed by atoms with van der Waals surface area (Å²) < 4.78 is 108. The Labute approximate surface area is 357 Å². The van der Waals surface area contributed by atoms with E-state index in [0.29, 0.717) is 54.5 Å². The molecule has 3 N–H and O–H groups in total.